The van der Waals surface area contributed by atoms with Crippen molar-refractivity contribution in [2.45, 2.75) is 32.8 Å². The Hall–Kier alpha value is -0.610. The van der Waals surface area contributed by atoms with Gasteiger partial charge in [-0.1, -0.05) is 0 Å². The number of hydrogen-bond donors (Lipinski definition) is 2. The molecular formula is C7H16N2O2. The van der Waals surface area contributed by atoms with Crippen molar-refractivity contribution in [3.8, 4) is 0 Å². The van der Waals surface area contributed by atoms with Crippen molar-refractivity contribution in [2.75, 3.05) is 6.61 Å². The first-order chi connectivity index (χ1) is 5.20. The van der Waals surface area contributed by atoms with E-state index in [4.69, 9.17) is 10.6 Å². The van der Waals surface area contributed by atoms with Crippen LogP contribution in [0.4, 0.5) is 0 Å². The Balaban J connectivity index is 3.29. The molecule has 1 amide bonds. The van der Waals surface area contributed by atoms with Crippen molar-refractivity contribution in [1.29, 1.82) is 0 Å². The molecule has 0 aliphatic rings. The predicted octanol–water partition coefficient (Wildman–Crippen LogP) is 0.182. The van der Waals surface area contributed by atoms with E-state index in [1.54, 1.807) is 0 Å². The topological polar surface area (TPSA) is 64.3 Å². The number of amides is 1. The summed E-state index contributed by atoms with van der Waals surface area (Å²) < 4.78 is 5.22. The lowest BCUT2D eigenvalue weighted by Gasteiger charge is -2.09. The van der Waals surface area contributed by atoms with Crippen LogP contribution in [0, 0.1) is 0 Å². The molecule has 0 saturated carbocycles. The number of hydrogen-bond acceptors (Lipinski definition) is 3. The van der Waals surface area contributed by atoms with Crippen LogP contribution in [0.1, 0.15) is 26.7 Å². The van der Waals surface area contributed by atoms with Gasteiger partial charge in [-0.05, 0) is 20.3 Å². The molecule has 1 atom stereocenters. The Morgan fingerprint density at radius 3 is 2.82 bits per heavy atom. The Morgan fingerprint density at radius 1 is 1.73 bits per heavy atom. The standard InChI is InChI=1S/C7H16N2O2/c1-3-11-6(2)4-5-7(10)9-8/h6H,3-5,8H2,1-2H3,(H,9,10). The molecule has 0 aliphatic heterocycles. The van der Waals surface area contributed by atoms with Gasteiger partial charge in [0, 0.05) is 13.0 Å². The van der Waals surface area contributed by atoms with Crippen LogP contribution < -0.4 is 11.3 Å². The minimum Gasteiger partial charge on any atom is -0.379 e. The van der Waals surface area contributed by atoms with Gasteiger partial charge in [0.15, 0.2) is 0 Å². The zero-order valence-corrected chi connectivity index (χ0v) is 7.09. The van der Waals surface area contributed by atoms with E-state index in [1.807, 2.05) is 13.8 Å². The van der Waals surface area contributed by atoms with E-state index in [9.17, 15) is 4.79 Å². The second kappa shape index (κ2) is 6.12. The van der Waals surface area contributed by atoms with Gasteiger partial charge in [-0.25, -0.2) is 5.84 Å². The van der Waals surface area contributed by atoms with Crippen molar-refractivity contribution >= 4 is 5.91 Å². The van der Waals surface area contributed by atoms with Gasteiger partial charge in [0.1, 0.15) is 0 Å². The summed E-state index contributed by atoms with van der Waals surface area (Å²) in [6.07, 6.45) is 1.28. The fraction of sp³-hybridized carbons (Fsp3) is 0.857. The van der Waals surface area contributed by atoms with Gasteiger partial charge in [0.05, 0.1) is 6.10 Å². The molecule has 11 heavy (non-hydrogen) atoms. The molecule has 0 rings (SSSR count). The van der Waals surface area contributed by atoms with Crippen molar-refractivity contribution in [2.24, 2.45) is 5.84 Å². The minimum atomic E-state index is -0.142. The summed E-state index contributed by atoms with van der Waals surface area (Å²) in [6, 6.07) is 0. The smallest absolute Gasteiger partial charge is 0.233 e. The first-order valence-corrected chi connectivity index (χ1v) is 3.81. The van der Waals surface area contributed by atoms with E-state index >= 15 is 0 Å². The van der Waals surface area contributed by atoms with E-state index in [1.165, 1.54) is 0 Å². The molecule has 0 radical (unpaired) electrons. The SMILES string of the molecule is CCOC(C)CCC(=O)NN. The third-order valence-corrected chi connectivity index (χ3v) is 1.39. The number of nitrogens with one attached hydrogen (secondary N) is 1. The molecule has 4 nitrogen and oxygen atoms in total. The number of ether oxygens (including phenoxy) is 1. The molecule has 0 aromatic carbocycles. The van der Waals surface area contributed by atoms with Crippen molar-refractivity contribution in [1.82, 2.24) is 5.43 Å². The van der Waals surface area contributed by atoms with Gasteiger partial charge in [0.25, 0.3) is 0 Å². The molecule has 0 heterocycles. The van der Waals surface area contributed by atoms with Crippen LogP contribution in [0.3, 0.4) is 0 Å². The molecule has 1 unspecified atom stereocenters. The maximum absolute atomic E-state index is 10.6. The fourth-order valence-corrected chi connectivity index (χ4v) is 0.774. The number of carbonyl (C=O) groups excluding carboxylic acids is 1. The van der Waals surface area contributed by atoms with Crippen LogP contribution in [-0.2, 0) is 9.53 Å². The molecule has 0 aromatic rings. The molecule has 66 valence electrons. The first kappa shape index (κ1) is 10.4. The molecule has 0 saturated heterocycles. The van der Waals surface area contributed by atoms with Crippen molar-refractivity contribution < 1.29 is 9.53 Å². The first-order valence-electron chi connectivity index (χ1n) is 3.81. The predicted molar refractivity (Wildman–Crippen MR) is 42.7 cm³/mol. The number of carbonyl (C=O) groups is 1. The Kier molecular flexibility index (Phi) is 5.78. The monoisotopic (exact) mass is 160 g/mol. The van der Waals surface area contributed by atoms with Gasteiger partial charge in [-0.15, -0.1) is 0 Å². The minimum absolute atomic E-state index is 0.136. The van der Waals surface area contributed by atoms with Crippen LogP contribution >= 0.6 is 0 Å². The molecular weight excluding hydrogens is 144 g/mol. The molecule has 0 bridgehead atoms. The molecule has 4 heteroatoms. The quantitative estimate of drug-likeness (QED) is 0.342. The second-order valence-corrected chi connectivity index (χ2v) is 2.37. The maximum atomic E-state index is 10.6. The summed E-state index contributed by atoms with van der Waals surface area (Å²) in [5.41, 5.74) is 2.07. The second-order valence-electron chi connectivity index (χ2n) is 2.37. The molecule has 0 aliphatic carbocycles. The lowest BCUT2D eigenvalue weighted by Crippen LogP contribution is -2.30. The normalized spacial score (nSPS) is 12.6. The summed E-state index contributed by atoms with van der Waals surface area (Å²) in [5.74, 6) is 4.75. The average molecular weight is 160 g/mol. The largest absolute Gasteiger partial charge is 0.379 e. The molecule has 0 spiro atoms. The van der Waals surface area contributed by atoms with E-state index < -0.39 is 0 Å². The highest BCUT2D eigenvalue weighted by Gasteiger charge is 2.04. The van der Waals surface area contributed by atoms with Gasteiger partial charge in [0.2, 0.25) is 5.91 Å². The number of nitrogens with two attached hydrogens (primary N) is 1. The number of hydrazine groups is 1. The number of rotatable bonds is 5. The van der Waals surface area contributed by atoms with Crippen LogP contribution in [-0.4, -0.2) is 18.6 Å². The van der Waals surface area contributed by atoms with Crippen molar-refractivity contribution in [3.63, 3.8) is 0 Å². The zero-order valence-electron chi connectivity index (χ0n) is 7.09. The lowest BCUT2D eigenvalue weighted by molar-refractivity contribution is -0.121. The van der Waals surface area contributed by atoms with Crippen LogP contribution in [0.2, 0.25) is 0 Å². The fourth-order valence-electron chi connectivity index (χ4n) is 0.774. The van der Waals surface area contributed by atoms with Crippen molar-refractivity contribution in [3.05, 3.63) is 0 Å². The zero-order chi connectivity index (χ0) is 8.69. The molecule has 0 aromatic heterocycles. The summed E-state index contributed by atoms with van der Waals surface area (Å²) in [4.78, 5) is 10.6. The van der Waals surface area contributed by atoms with Gasteiger partial charge in [-0.2, -0.15) is 0 Å². The highest BCUT2D eigenvalue weighted by atomic mass is 16.5. The molecule has 3 N–H and O–H groups in total. The highest BCUT2D eigenvalue weighted by molar-refractivity contribution is 5.75. The maximum Gasteiger partial charge on any atom is 0.233 e. The Bertz CT molecular complexity index is 117. The van der Waals surface area contributed by atoms with Crippen LogP contribution in [0.15, 0.2) is 0 Å². The summed E-state index contributed by atoms with van der Waals surface area (Å²) in [7, 11) is 0. The third-order valence-electron chi connectivity index (χ3n) is 1.39. The third kappa shape index (κ3) is 5.82. The summed E-state index contributed by atoms with van der Waals surface area (Å²) in [6.45, 7) is 4.55. The Labute approximate surface area is 67.1 Å². The average Bonchev–Trinajstić information content (AvgIpc) is 2.01. The lowest BCUT2D eigenvalue weighted by atomic mass is 10.2. The van der Waals surface area contributed by atoms with Gasteiger partial charge >= 0.3 is 0 Å². The van der Waals surface area contributed by atoms with Gasteiger partial charge in [-0.3, -0.25) is 10.2 Å². The summed E-state index contributed by atoms with van der Waals surface area (Å²) in [5, 5.41) is 0. The van der Waals surface area contributed by atoms with Crippen LogP contribution in [0.5, 0.6) is 0 Å². The van der Waals surface area contributed by atoms with E-state index in [-0.39, 0.29) is 12.0 Å². The summed E-state index contributed by atoms with van der Waals surface area (Å²) >= 11 is 0. The molecule has 0 fully saturated rings. The van der Waals surface area contributed by atoms with E-state index in [0.717, 1.165) is 6.42 Å². The van der Waals surface area contributed by atoms with Gasteiger partial charge < -0.3 is 4.74 Å². The Morgan fingerprint density at radius 2 is 2.36 bits per heavy atom. The van der Waals surface area contributed by atoms with E-state index in [0.29, 0.717) is 13.0 Å². The highest BCUT2D eigenvalue weighted by Crippen LogP contribution is 2.00. The van der Waals surface area contributed by atoms with E-state index in [2.05, 4.69) is 5.43 Å². The van der Waals surface area contributed by atoms with Crippen LogP contribution in [0.25, 0.3) is 0 Å².